The normalized spacial score (nSPS) is 13.4. The van der Waals surface area contributed by atoms with E-state index in [0.717, 1.165) is 0 Å². The summed E-state index contributed by atoms with van der Waals surface area (Å²) in [6.07, 6.45) is 0. The number of methoxy groups -OCH3 is 2. The lowest BCUT2D eigenvalue weighted by Gasteiger charge is -2.25. The number of benzene rings is 2. The van der Waals surface area contributed by atoms with Crippen LogP contribution in [0.3, 0.4) is 0 Å². The first kappa shape index (κ1) is 21.2. The Bertz CT molecular complexity index is 1020. The highest BCUT2D eigenvalue weighted by molar-refractivity contribution is 7.89. The molecule has 8 nitrogen and oxygen atoms in total. The Morgan fingerprint density at radius 1 is 0.963 bits per heavy atom. The Labute approximate surface area is 159 Å². The second-order valence-electron chi connectivity index (χ2n) is 5.83. The summed E-state index contributed by atoms with van der Waals surface area (Å²) < 4.78 is 60.4. The molecule has 0 amide bonds. The number of sulfonamides is 2. The molecule has 0 saturated carbocycles. The van der Waals surface area contributed by atoms with Gasteiger partial charge in [-0.15, -0.1) is 0 Å². The Morgan fingerprint density at radius 2 is 1.56 bits per heavy atom. The molecule has 10 heteroatoms. The molecule has 0 bridgehead atoms. The zero-order valence-corrected chi connectivity index (χ0v) is 17.0. The number of nitrogens with two attached hydrogens (primary N) is 1. The van der Waals surface area contributed by atoms with Gasteiger partial charge in [0.2, 0.25) is 20.0 Å². The summed E-state index contributed by atoms with van der Waals surface area (Å²) in [6.45, 7) is 1.69. The summed E-state index contributed by atoms with van der Waals surface area (Å²) in [5.74, 6) is 0.576. The fourth-order valence-corrected chi connectivity index (χ4v) is 4.53. The van der Waals surface area contributed by atoms with Crippen molar-refractivity contribution >= 4 is 20.0 Å². The summed E-state index contributed by atoms with van der Waals surface area (Å²) in [5, 5.41) is 5.09. The summed E-state index contributed by atoms with van der Waals surface area (Å²) in [5.41, 5.74) is 0.607. The van der Waals surface area contributed by atoms with Gasteiger partial charge in [0.1, 0.15) is 16.4 Å². The lowest BCUT2D eigenvalue weighted by atomic mass is 10.1. The molecule has 1 unspecified atom stereocenters. The van der Waals surface area contributed by atoms with E-state index in [9.17, 15) is 16.8 Å². The minimum atomic E-state index is -3.91. The molecule has 2 aromatic rings. The van der Waals surface area contributed by atoms with Crippen LogP contribution in [0.5, 0.6) is 11.5 Å². The highest BCUT2D eigenvalue weighted by atomic mass is 32.2. The van der Waals surface area contributed by atoms with Crippen LogP contribution in [0.2, 0.25) is 0 Å². The van der Waals surface area contributed by atoms with Gasteiger partial charge < -0.3 is 9.47 Å². The number of primary sulfonamides is 1. The smallest absolute Gasteiger partial charge is 0.247 e. The Balaban J connectivity index is 2.42. The van der Waals surface area contributed by atoms with Gasteiger partial charge in [-0.3, -0.25) is 0 Å². The van der Waals surface area contributed by atoms with Crippen molar-refractivity contribution in [3.63, 3.8) is 0 Å². The van der Waals surface area contributed by atoms with Gasteiger partial charge in [-0.05, 0) is 36.8 Å². The van der Waals surface area contributed by atoms with Crippen molar-refractivity contribution in [1.82, 2.24) is 4.31 Å². The molecule has 1 atom stereocenters. The van der Waals surface area contributed by atoms with Crippen molar-refractivity contribution in [3.8, 4) is 11.5 Å². The summed E-state index contributed by atoms with van der Waals surface area (Å²) in [6, 6.07) is 9.68. The molecule has 0 saturated heterocycles. The molecule has 2 aromatic carbocycles. The first-order chi connectivity index (χ1) is 12.5. The fourth-order valence-electron chi connectivity index (χ4n) is 2.49. The van der Waals surface area contributed by atoms with Gasteiger partial charge in [-0.25, -0.2) is 22.0 Å². The van der Waals surface area contributed by atoms with Crippen molar-refractivity contribution in [3.05, 3.63) is 48.0 Å². The van der Waals surface area contributed by atoms with Gasteiger partial charge in [0.05, 0.1) is 19.1 Å². The molecule has 27 heavy (non-hydrogen) atoms. The first-order valence-corrected chi connectivity index (χ1v) is 10.8. The molecule has 0 fully saturated rings. The topological polar surface area (TPSA) is 116 Å². The minimum Gasteiger partial charge on any atom is -0.497 e. The molecule has 0 aliphatic rings. The molecule has 0 radical (unpaired) electrons. The third kappa shape index (κ3) is 4.41. The number of hydrogen-bond acceptors (Lipinski definition) is 6. The summed E-state index contributed by atoms with van der Waals surface area (Å²) in [7, 11) is -3.47. The van der Waals surface area contributed by atoms with Crippen LogP contribution in [-0.4, -0.2) is 42.4 Å². The monoisotopic (exact) mass is 414 g/mol. The lowest BCUT2D eigenvalue weighted by Crippen LogP contribution is -2.30. The van der Waals surface area contributed by atoms with E-state index in [2.05, 4.69) is 0 Å². The highest BCUT2D eigenvalue weighted by Gasteiger charge is 2.30. The van der Waals surface area contributed by atoms with Crippen LogP contribution in [0.4, 0.5) is 0 Å². The van der Waals surface area contributed by atoms with Crippen molar-refractivity contribution < 1.29 is 26.3 Å². The Morgan fingerprint density at radius 3 is 2.04 bits per heavy atom. The van der Waals surface area contributed by atoms with Crippen LogP contribution >= 0.6 is 0 Å². The molecule has 2 N–H and O–H groups in total. The number of ether oxygens (including phenoxy) is 2. The molecule has 0 aliphatic carbocycles. The average molecular weight is 415 g/mol. The largest absolute Gasteiger partial charge is 0.497 e. The summed E-state index contributed by atoms with van der Waals surface area (Å²) in [4.78, 5) is -0.0710. The standard InChI is InChI=1S/C17H22N2O6S2/c1-12(13-5-8-15(9-6-13)26(18,20)21)19(2)27(22,23)17-11-14(24-3)7-10-16(17)25-4/h5-12H,1-4H3,(H2,18,20,21). The molecular weight excluding hydrogens is 392 g/mol. The van der Waals surface area contributed by atoms with E-state index >= 15 is 0 Å². The van der Waals surface area contributed by atoms with Crippen molar-refractivity contribution in [2.45, 2.75) is 22.8 Å². The van der Waals surface area contributed by atoms with E-state index < -0.39 is 26.1 Å². The van der Waals surface area contributed by atoms with Crippen LogP contribution in [0, 0.1) is 0 Å². The molecule has 0 spiro atoms. The zero-order valence-electron chi connectivity index (χ0n) is 15.4. The van der Waals surface area contributed by atoms with E-state index in [4.69, 9.17) is 14.6 Å². The summed E-state index contributed by atoms with van der Waals surface area (Å²) >= 11 is 0. The zero-order chi connectivity index (χ0) is 20.4. The molecule has 0 heterocycles. The van der Waals surface area contributed by atoms with E-state index in [1.54, 1.807) is 13.0 Å². The third-order valence-electron chi connectivity index (χ3n) is 4.26. The van der Waals surface area contributed by atoms with Gasteiger partial charge in [0.15, 0.2) is 0 Å². The predicted octanol–water partition coefficient (Wildman–Crippen LogP) is 1.73. The highest BCUT2D eigenvalue weighted by Crippen LogP contribution is 2.33. The van der Waals surface area contributed by atoms with Crippen LogP contribution in [0.1, 0.15) is 18.5 Å². The number of rotatable bonds is 7. The lowest BCUT2D eigenvalue weighted by molar-refractivity contribution is 0.376. The Hall–Kier alpha value is -2.14. The molecule has 0 aromatic heterocycles. The fraction of sp³-hybridized carbons (Fsp3) is 0.294. The molecular formula is C17H22N2O6S2. The Kier molecular flexibility index (Phi) is 6.15. The van der Waals surface area contributed by atoms with Gasteiger partial charge >= 0.3 is 0 Å². The van der Waals surface area contributed by atoms with Gasteiger partial charge in [0, 0.05) is 19.2 Å². The van der Waals surface area contributed by atoms with E-state index in [1.165, 1.54) is 62.0 Å². The van der Waals surface area contributed by atoms with Crippen molar-refractivity contribution in [2.24, 2.45) is 5.14 Å². The maximum absolute atomic E-state index is 13.1. The van der Waals surface area contributed by atoms with E-state index in [0.29, 0.717) is 11.3 Å². The molecule has 148 valence electrons. The number of hydrogen-bond donors (Lipinski definition) is 1. The van der Waals surface area contributed by atoms with E-state index in [-0.39, 0.29) is 15.5 Å². The van der Waals surface area contributed by atoms with Gasteiger partial charge in [0.25, 0.3) is 0 Å². The van der Waals surface area contributed by atoms with Gasteiger partial charge in [-0.2, -0.15) is 4.31 Å². The van der Waals surface area contributed by atoms with Gasteiger partial charge in [-0.1, -0.05) is 12.1 Å². The molecule has 0 aliphatic heterocycles. The van der Waals surface area contributed by atoms with Crippen LogP contribution in [0.15, 0.2) is 52.3 Å². The maximum Gasteiger partial charge on any atom is 0.247 e. The SMILES string of the molecule is COc1ccc(OC)c(S(=O)(=O)N(C)C(C)c2ccc(S(N)(=O)=O)cc2)c1. The maximum atomic E-state index is 13.1. The van der Waals surface area contributed by atoms with Crippen LogP contribution < -0.4 is 14.6 Å². The van der Waals surface area contributed by atoms with E-state index in [1.807, 2.05) is 0 Å². The first-order valence-electron chi connectivity index (χ1n) is 7.85. The second-order valence-corrected chi connectivity index (χ2v) is 9.36. The van der Waals surface area contributed by atoms with Crippen LogP contribution in [-0.2, 0) is 20.0 Å². The average Bonchev–Trinajstić information content (AvgIpc) is 2.65. The second kappa shape index (κ2) is 7.85. The number of nitrogens with zero attached hydrogens (tertiary/aromatic N) is 1. The molecule has 2 rings (SSSR count). The van der Waals surface area contributed by atoms with Crippen molar-refractivity contribution in [1.29, 1.82) is 0 Å². The van der Waals surface area contributed by atoms with Crippen molar-refractivity contribution in [2.75, 3.05) is 21.3 Å². The minimum absolute atomic E-state index is 0.0279. The third-order valence-corrected chi connectivity index (χ3v) is 7.14. The predicted molar refractivity (Wildman–Crippen MR) is 101 cm³/mol. The quantitative estimate of drug-likeness (QED) is 0.738. The van der Waals surface area contributed by atoms with Crippen LogP contribution in [0.25, 0.3) is 0 Å².